The number of unbranched alkanes of at least 4 members (excludes halogenated alkanes) is 1. The molecule has 0 spiro atoms. The lowest BCUT2D eigenvalue weighted by Gasteiger charge is -2.12. The zero-order valence-electron chi connectivity index (χ0n) is 11.8. The van der Waals surface area contributed by atoms with Crippen LogP contribution in [0.15, 0.2) is 21.1 Å². The normalized spacial score (nSPS) is 12.7. The first kappa shape index (κ1) is 17.5. The second-order valence-electron chi connectivity index (χ2n) is 5.04. The van der Waals surface area contributed by atoms with Gasteiger partial charge >= 0.3 is 0 Å². The minimum atomic E-state index is 0.325. The highest BCUT2D eigenvalue weighted by atomic mass is 79.9. The summed E-state index contributed by atoms with van der Waals surface area (Å²) in [5.74, 6) is 0. The van der Waals surface area contributed by atoms with Crippen LogP contribution in [0.1, 0.15) is 57.1 Å². The quantitative estimate of drug-likeness (QED) is 0.409. The summed E-state index contributed by atoms with van der Waals surface area (Å²) in [6.45, 7) is 4.38. The van der Waals surface area contributed by atoms with Gasteiger partial charge in [0.2, 0.25) is 0 Å². The van der Waals surface area contributed by atoms with Crippen molar-refractivity contribution in [3.8, 4) is 0 Å². The highest BCUT2D eigenvalue weighted by Gasteiger charge is 2.09. The van der Waals surface area contributed by atoms with Crippen molar-refractivity contribution in [3.05, 3.63) is 32.2 Å². The Hall–Kier alpha value is 0.470. The summed E-state index contributed by atoms with van der Waals surface area (Å²) in [6.07, 6.45) is 8.04. The number of rotatable bonds is 8. The van der Waals surface area contributed by atoms with Crippen molar-refractivity contribution >= 4 is 43.5 Å². The fourth-order valence-corrected chi connectivity index (χ4v) is 3.49. The molecule has 108 valence electrons. The van der Waals surface area contributed by atoms with E-state index in [9.17, 15) is 0 Å². The summed E-state index contributed by atoms with van der Waals surface area (Å²) in [7, 11) is 0. The number of halogens is 3. The van der Waals surface area contributed by atoms with E-state index in [2.05, 4.69) is 57.8 Å². The second-order valence-corrected chi connectivity index (χ2v) is 7.37. The summed E-state index contributed by atoms with van der Waals surface area (Å²) >= 11 is 13.6. The molecule has 1 aromatic rings. The second kappa shape index (κ2) is 9.41. The van der Waals surface area contributed by atoms with Crippen LogP contribution >= 0.6 is 43.5 Å². The van der Waals surface area contributed by atoms with E-state index in [1.54, 1.807) is 0 Å². The molecule has 0 heterocycles. The Kier molecular flexibility index (Phi) is 8.68. The molecule has 0 aromatic heterocycles. The Bertz CT molecular complexity index is 391. The minimum Gasteiger partial charge on any atom is -0.123 e. The molecule has 0 nitrogen and oxygen atoms in total. The van der Waals surface area contributed by atoms with Crippen molar-refractivity contribution in [1.82, 2.24) is 0 Å². The molecule has 0 aliphatic heterocycles. The predicted octanol–water partition coefficient (Wildman–Crippen LogP) is 6.89. The van der Waals surface area contributed by atoms with E-state index in [-0.39, 0.29) is 0 Å². The zero-order chi connectivity index (χ0) is 14.3. The average molecular weight is 411 g/mol. The van der Waals surface area contributed by atoms with Crippen LogP contribution < -0.4 is 0 Å². The molecule has 0 fully saturated rings. The van der Waals surface area contributed by atoms with Crippen molar-refractivity contribution in [2.45, 2.75) is 64.2 Å². The van der Waals surface area contributed by atoms with Crippen LogP contribution in [-0.2, 0) is 12.8 Å². The van der Waals surface area contributed by atoms with Crippen LogP contribution in [0, 0.1) is 0 Å². The lowest BCUT2D eigenvalue weighted by atomic mass is 10.0. The van der Waals surface area contributed by atoms with Gasteiger partial charge in [-0.05, 0) is 61.8 Å². The van der Waals surface area contributed by atoms with Gasteiger partial charge in [-0.2, -0.15) is 0 Å². The molecule has 19 heavy (non-hydrogen) atoms. The molecule has 3 heteroatoms. The smallest absolute Gasteiger partial charge is 0.0333 e. The van der Waals surface area contributed by atoms with Gasteiger partial charge < -0.3 is 0 Å². The number of hydrogen-bond acceptors (Lipinski definition) is 0. The highest BCUT2D eigenvalue weighted by Crippen LogP contribution is 2.29. The van der Waals surface area contributed by atoms with Crippen LogP contribution in [0.25, 0.3) is 0 Å². The zero-order valence-corrected chi connectivity index (χ0v) is 15.7. The Morgan fingerprint density at radius 2 is 1.63 bits per heavy atom. The lowest BCUT2D eigenvalue weighted by Crippen LogP contribution is -1.99. The molecular formula is C16H23Br2Cl. The first-order valence-electron chi connectivity index (χ1n) is 7.19. The fraction of sp³-hybridized carbons (Fsp3) is 0.625. The first-order valence-corrected chi connectivity index (χ1v) is 9.21. The van der Waals surface area contributed by atoms with Crippen LogP contribution in [0.5, 0.6) is 0 Å². The van der Waals surface area contributed by atoms with Gasteiger partial charge in [-0.15, -0.1) is 11.6 Å². The Balaban J connectivity index is 2.68. The monoisotopic (exact) mass is 408 g/mol. The third kappa shape index (κ3) is 6.18. The van der Waals surface area contributed by atoms with Crippen molar-refractivity contribution in [3.63, 3.8) is 0 Å². The summed E-state index contributed by atoms with van der Waals surface area (Å²) in [4.78, 5) is 0. The summed E-state index contributed by atoms with van der Waals surface area (Å²) in [5, 5.41) is 0.325. The van der Waals surface area contributed by atoms with Gasteiger partial charge in [0.05, 0.1) is 0 Å². The van der Waals surface area contributed by atoms with Crippen LogP contribution in [-0.4, -0.2) is 5.38 Å². The van der Waals surface area contributed by atoms with Crippen LogP contribution in [0.4, 0.5) is 0 Å². The van der Waals surface area contributed by atoms with Gasteiger partial charge in [0.25, 0.3) is 0 Å². The Morgan fingerprint density at radius 3 is 2.16 bits per heavy atom. The molecule has 0 aliphatic rings. The van der Waals surface area contributed by atoms with E-state index < -0.39 is 0 Å². The van der Waals surface area contributed by atoms with Gasteiger partial charge in [-0.1, -0.05) is 52.1 Å². The SMILES string of the molecule is CCCCc1cc(Br)cc(CCCC(Cl)CC)c1Br. The van der Waals surface area contributed by atoms with E-state index in [0.29, 0.717) is 5.38 Å². The van der Waals surface area contributed by atoms with Crippen molar-refractivity contribution in [1.29, 1.82) is 0 Å². The molecule has 0 N–H and O–H groups in total. The maximum absolute atomic E-state index is 6.18. The molecule has 1 rings (SSSR count). The minimum absolute atomic E-state index is 0.325. The lowest BCUT2D eigenvalue weighted by molar-refractivity contribution is 0.673. The van der Waals surface area contributed by atoms with Crippen LogP contribution in [0.3, 0.4) is 0 Å². The standard InChI is InChI=1S/C16H23Br2Cl/c1-3-5-7-12-10-14(17)11-13(16(12)18)8-6-9-15(19)4-2/h10-11,15H,3-9H2,1-2H3. The molecule has 1 atom stereocenters. The van der Waals surface area contributed by atoms with E-state index in [1.807, 2.05) is 0 Å². The Morgan fingerprint density at radius 1 is 1.05 bits per heavy atom. The molecule has 0 saturated heterocycles. The largest absolute Gasteiger partial charge is 0.123 e. The van der Waals surface area contributed by atoms with E-state index >= 15 is 0 Å². The molecule has 0 saturated carbocycles. The third-order valence-corrected chi connectivity index (χ3v) is 5.40. The molecule has 0 aliphatic carbocycles. The third-order valence-electron chi connectivity index (χ3n) is 3.39. The average Bonchev–Trinajstić information content (AvgIpc) is 2.40. The van der Waals surface area contributed by atoms with Gasteiger partial charge in [0.1, 0.15) is 0 Å². The number of alkyl halides is 1. The van der Waals surface area contributed by atoms with Gasteiger partial charge in [0, 0.05) is 14.3 Å². The van der Waals surface area contributed by atoms with E-state index in [1.165, 1.54) is 32.9 Å². The van der Waals surface area contributed by atoms with E-state index in [4.69, 9.17) is 11.6 Å². The fourth-order valence-electron chi connectivity index (χ4n) is 2.16. The van der Waals surface area contributed by atoms with Crippen molar-refractivity contribution in [2.24, 2.45) is 0 Å². The highest BCUT2D eigenvalue weighted by molar-refractivity contribution is 9.11. The molecular weight excluding hydrogens is 387 g/mol. The maximum Gasteiger partial charge on any atom is 0.0333 e. The number of benzene rings is 1. The first-order chi connectivity index (χ1) is 9.08. The van der Waals surface area contributed by atoms with Gasteiger partial charge in [0.15, 0.2) is 0 Å². The van der Waals surface area contributed by atoms with E-state index in [0.717, 1.165) is 32.1 Å². The molecule has 0 radical (unpaired) electrons. The number of hydrogen-bond donors (Lipinski definition) is 0. The molecule has 0 bridgehead atoms. The van der Waals surface area contributed by atoms with Crippen LogP contribution in [0.2, 0.25) is 0 Å². The van der Waals surface area contributed by atoms with Crippen molar-refractivity contribution < 1.29 is 0 Å². The van der Waals surface area contributed by atoms with Gasteiger partial charge in [-0.3, -0.25) is 0 Å². The van der Waals surface area contributed by atoms with Gasteiger partial charge in [-0.25, -0.2) is 0 Å². The maximum atomic E-state index is 6.18. The summed E-state index contributed by atoms with van der Waals surface area (Å²) < 4.78 is 2.49. The van der Waals surface area contributed by atoms with Crippen molar-refractivity contribution in [2.75, 3.05) is 0 Å². The summed E-state index contributed by atoms with van der Waals surface area (Å²) in [5.41, 5.74) is 2.82. The molecule has 1 aromatic carbocycles. The topological polar surface area (TPSA) is 0 Å². The number of aryl methyl sites for hydroxylation is 2. The molecule has 0 amide bonds. The molecule has 1 unspecified atom stereocenters. The predicted molar refractivity (Wildman–Crippen MR) is 93.3 cm³/mol. The summed E-state index contributed by atoms with van der Waals surface area (Å²) in [6, 6.07) is 4.47. The Labute approximate surface area is 139 Å².